The van der Waals surface area contributed by atoms with Crippen LogP contribution < -0.4 is 16.6 Å². The van der Waals surface area contributed by atoms with E-state index in [1.807, 2.05) is 84.9 Å². The van der Waals surface area contributed by atoms with Crippen LogP contribution in [0.25, 0.3) is 16.0 Å². The second kappa shape index (κ2) is 8.72. The van der Waals surface area contributed by atoms with Gasteiger partial charge in [0.25, 0.3) is 11.5 Å². The van der Waals surface area contributed by atoms with E-state index in [0.29, 0.717) is 15.4 Å². The number of hydrogen-bond donors (Lipinski definition) is 1. The quantitative estimate of drug-likeness (QED) is 0.426. The largest absolute Gasteiger partial charge is 0.336 e. The number of anilines is 1. The van der Waals surface area contributed by atoms with Gasteiger partial charge in [-0.3, -0.25) is 18.6 Å². The first-order valence-corrected chi connectivity index (χ1v) is 11.2. The molecule has 1 amide bonds. The van der Waals surface area contributed by atoms with Crippen LogP contribution in [0.5, 0.6) is 0 Å². The molecule has 3 aromatic carbocycles. The van der Waals surface area contributed by atoms with E-state index in [4.69, 9.17) is 0 Å². The van der Waals surface area contributed by atoms with Crippen LogP contribution in [0.1, 0.15) is 15.2 Å². The number of carbonyl (C=O) groups excluding carboxylic acids is 1. The molecule has 0 aliphatic rings. The minimum atomic E-state index is -0.469. The molecule has 0 fully saturated rings. The van der Waals surface area contributed by atoms with Crippen molar-refractivity contribution < 1.29 is 4.79 Å². The molecule has 6 nitrogen and oxygen atoms in total. The Morgan fingerprint density at radius 2 is 1.45 bits per heavy atom. The zero-order valence-corrected chi connectivity index (χ0v) is 18.3. The summed E-state index contributed by atoms with van der Waals surface area (Å²) in [7, 11) is 0. The highest BCUT2D eigenvalue weighted by Gasteiger charge is 2.15. The van der Waals surface area contributed by atoms with Gasteiger partial charge in [-0.15, -0.1) is 11.3 Å². The van der Waals surface area contributed by atoms with Crippen molar-refractivity contribution in [2.75, 3.05) is 5.32 Å². The van der Waals surface area contributed by atoms with Gasteiger partial charge in [0.1, 0.15) is 9.71 Å². The van der Waals surface area contributed by atoms with Gasteiger partial charge in [0, 0.05) is 18.0 Å². The Balaban J connectivity index is 1.39. The molecule has 0 atom stereocenters. The van der Waals surface area contributed by atoms with Crippen LogP contribution in [-0.2, 0) is 6.54 Å². The molecule has 1 N–H and O–H groups in total. The molecule has 0 aliphatic heterocycles. The third-order valence-corrected chi connectivity index (χ3v) is 6.34. The standard InChI is InChI=1S/C26H19N3O3S/c30-23-15-24-29(26(32)28(23)16-18-7-3-1-4-8-18)17-22(33-24)25(31)27-21-13-11-20(12-14-21)19-9-5-2-6-10-19/h1-15,17H,16H2,(H,27,31). The van der Waals surface area contributed by atoms with E-state index < -0.39 is 11.2 Å². The number of carbonyl (C=O) groups is 1. The summed E-state index contributed by atoms with van der Waals surface area (Å²) in [6, 6.07) is 28.2. The van der Waals surface area contributed by atoms with Crippen molar-refractivity contribution >= 4 is 27.8 Å². The van der Waals surface area contributed by atoms with Crippen molar-refractivity contribution in [1.29, 1.82) is 0 Å². The Morgan fingerprint density at radius 3 is 2.15 bits per heavy atom. The third kappa shape index (κ3) is 4.26. The van der Waals surface area contributed by atoms with Gasteiger partial charge in [0.2, 0.25) is 0 Å². The molecule has 33 heavy (non-hydrogen) atoms. The summed E-state index contributed by atoms with van der Waals surface area (Å²) in [5.74, 6) is -0.336. The molecule has 162 valence electrons. The van der Waals surface area contributed by atoms with Crippen LogP contribution >= 0.6 is 11.3 Å². The summed E-state index contributed by atoms with van der Waals surface area (Å²) in [5.41, 5.74) is 2.78. The first-order chi connectivity index (χ1) is 16.1. The van der Waals surface area contributed by atoms with Gasteiger partial charge in [0.15, 0.2) is 0 Å². The second-order valence-electron chi connectivity index (χ2n) is 7.54. The van der Waals surface area contributed by atoms with Gasteiger partial charge < -0.3 is 5.32 Å². The minimum absolute atomic E-state index is 0.173. The SMILES string of the molecule is O=C(Nc1ccc(-c2ccccc2)cc1)c1cn2c(=O)n(Cc3ccccc3)c(=O)cc2s1. The van der Waals surface area contributed by atoms with Gasteiger partial charge in [-0.05, 0) is 28.8 Å². The predicted octanol–water partition coefficient (Wildman–Crippen LogP) is 4.49. The van der Waals surface area contributed by atoms with E-state index in [1.165, 1.54) is 21.2 Å². The number of amides is 1. The lowest BCUT2D eigenvalue weighted by Gasteiger charge is -2.05. The molecule has 0 radical (unpaired) electrons. The third-order valence-electron chi connectivity index (χ3n) is 5.31. The molecule has 7 heteroatoms. The van der Waals surface area contributed by atoms with E-state index in [1.54, 1.807) is 0 Å². The van der Waals surface area contributed by atoms with Gasteiger partial charge in [-0.1, -0.05) is 72.8 Å². The number of hydrogen-bond acceptors (Lipinski definition) is 4. The smallest absolute Gasteiger partial charge is 0.321 e. The van der Waals surface area contributed by atoms with Crippen LogP contribution in [0.4, 0.5) is 5.69 Å². The second-order valence-corrected chi connectivity index (χ2v) is 8.60. The van der Waals surface area contributed by atoms with Gasteiger partial charge in [-0.2, -0.15) is 0 Å². The number of fused-ring (bicyclic) bond motifs is 1. The number of benzene rings is 3. The molecule has 0 spiro atoms. The van der Waals surface area contributed by atoms with Crippen LogP contribution in [0.2, 0.25) is 0 Å². The molecule has 2 aromatic heterocycles. The highest BCUT2D eigenvalue weighted by Crippen LogP contribution is 2.22. The van der Waals surface area contributed by atoms with E-state index in [0.717, 1.165) is 28.0 Å². The molecule has 5 aromatic rings. The van der Waals surface area contributed by atoms with Crippen molar-refractivity contribution in [3.8, 4) is 11.1 Å². The first kappa shape index (κ1) is 20.7. The molecule has 0 saturated heterocycles. The average Bonchev–Trinajstić information content (AvgIpc) is 3.28. The summed E-state index contributed by atoms with van der Waals surface area (Å²) < 4.78 is 2.52. The van der Waals surface area contributed by atoms with Crippen LogP contribution in [0, 0.1) is 0 Å². The van der Waals surface area contributed by atoms with E-state index in [2.05, 4.69) is 5.32 Å². The van der Waals surface area contributed by atoms with Crippen molar-refractivity contribution in [3.05, 3.63) is 128 Å². The normalized spacial score (nSPS) is 10.9. The Labute approximate surface area is 193 Å². The Kier molecular flexibility index (Phi) is 5.46. The van der Waals surface area contributed by atoms with Crippen molar-refractivity contribution in [2.45, 2.75) is 6.54 Å². The molecule has 0 bridgehead atoms. The topological polar surface area (TPSA) is 72.6 Å². The van der Waals surface area contributed by atoms with Crippen LogP contribution in [-0.4, -0.2) is 14.9 Å². The fourth-order valence-corrected chi connectivity index (χ4v) is 4.53. The average molecular weight is 454 g/mol. The molecule has 5 rings (SSSR count). The van der Waals surface area contributed by atoms with Crippen LogP contribution in [0.3, 0.4) is 0 Å². The maximum atomic E-state index is 12.9. The highest BCUT2D eigenvalue weighted by molar-refractivity contribution is 7.19. The van der Waals surface area contributed by atoms with E-state index in [-0.39, 0.29) is 12.5 Å². The van der Waals surface area contributed by atoms with E-state index in [9.17, 15) is 14.4 Å². The molecule has 0 saturated carbocycles. The Hall–Kier alpha value is -4.23. The highest BCUT2D eigenvalue weighted by atomic mass is 32.1. The lowest BCUT2D eigenvalue weighted by Crippen LogP contribution is -2.36. The molecular weight excluding hydrogens is 434 g/mol. The molecule has 2 heterocycles. The number of rotatable bonds is 5. The zero-order chi connectivity index (χ0) is 22.8. The van der Waals surface area contributed by atoms with Gasteiger partial charge >= 0.3 is 5.69 Å². The van der Waals surface area contributed by atoms with Gasteiger partial charge in [-0.25, -0.2) is 4.79 Å². The monoisotopic (exact) mass is 453 g/mol. The fraction of sp³-hybridized carbons (Fsp3) is 0.0385. The molecule has 0 aliphatic carbocycles. The lowest BCUT2D eigenvalue weighted by atomic mass is 10.1. The summed E-state index contributed by atoms with van der Waals surface area (Å²) >= 11 is 1.11. The minimum Gasteiger partial charge on any atom is -0.321 e. The van der Waals surface area contributed by atoms with Crippen molar-refractivity contribution in [3.63, 3.8) is 0 Å². The number of nitrogens with one attached hydrogen (secondary N) is 1. The number of nitrogens with zero attached hydrogens (tertiary/aromatic N) is 2. The number of thiazole rings is 1. The van der Waals surface area contributed by atoms with Crippen molar-refractivity contribution in [2.24, 2.45) is 0 Å². The summed E-state index contributed by atoms with van der Waals surface area (Å²) in [6.07, 6.45) is 1.48. The summed E-state index contributed by atoms with van der Waals surface area (Å²) in [6.45, 7) is 0.173. The first-order valence-electron chi connectivity index (χ1n) is 10.4. The number of aromatic nitrogens is 2. The van der Waals surface area contributed by atoms with E-state index >= 15 is 0 Å². The van der Waals surface area contributed by atoms with Gasteiger partial charge in [0.05, 0.1) is 6.54 Å². The zero-order valence-electron chi connectivity index (χ0n) is 17.5. The summed E-state index contributed by atoms with van der Waals surface area (Å²) in [4.78, 5) is 39.0. The molecule has 0 unspecified atom stereocenters. The molecular formula is C26H19N3O3S. The Bertz CT molecular complexity index is 1550. The Morgan fingerprint density at radius 1 is 0.818 bits per heavy atom. The lowest BCUT2D eigenvalue weighted by molar-refractivity contribution is 0.103. The fourth-order valence-electron chi connectivity index (χ4n) is 3.61. The van der Waals surface area contributed by atoms with Crippen molar-refractivity contribution in [1.82, 2.24) is 8.97 Å². The predicted molar refractivity (Wildman–Crippen MR) is 131 cm³/mol. The maximum Gasteiger partial charge on any atom is 0.336 e. The van der Waals surface area contributed by atoms with Crippen LogP contribution in [0.15, 0.2) is 107 Å². The maximum absolute atomic E-state index is 12.9. The summed E-state index contributed by atoms with van der Waals surface area (Å²) in [5, 5.41) is 2.86.